The minimum Gasteiger partial charge on any atom is -0.366 e. The Bertz CT molecular complexity index is 1870. The van der Waals surface area contributed by atoms with E-state index < -0.39 is 11.2 Å². The van der Waals surface area contributed by atoms with Gasteiger partial charge in [-0.3, -0.25) is 19.3 Å². The predicted molar refractivity (Wildman–Crippen MR) is 173 cm³/mol. The first-order chi connectivity index (χ1) is 21.0. The van der Waals surface area contributed by atoms with Crippen molar-refractivity contribution < 1.29 is 14.4 Å². The molecule has 5 aromatic rings. The summed E-state index contributed by atoms with van der Waals surface area (Å²) in [5.74, 6) is 5.45. The molecule has 1 aliphatic rings. The van der Waals surface area contributed by atoms with Crippen LogP contribution >= 0.6 is 23.1 Å². The first-order valence-corrected chi connectivity index (χ1v) is 15.6. The molecule has 2 atom stereocenters. The molecular formula is C34H28N4O3S2. The lowest BCUT2D eigenvalue weighted by molar-refractivity contribution is -0.124. The molecule has 1 fully saturated rings. The Morgan fingerprint density at radius 2 is 1.77 bits per heavy atom. The van der Waals surface area contributed by atoms with Gasteiger partial charge in [-0.1, -0.05) is 54.3 Å². The highest BCUT2D eigenvalue weighted by molar-refractivity contribution is 8.01. The standard InChI is InChI=1S/C34H28N4O3S2/c35-32(40)23-9-6-10-25(19-23)38-33(41)30(20-31(39)36-18-17-24-21-37-28-12-5-4-11-27(24)28)43-34(38)29-16-15-26(42-29)14-13-22-7-2-1-3-8-22/h1-12,15-16,19,21,30,34,37H,17-18,20H2,(H2,35,40)(H,36,39). The van der Waals surface area contributed by atoms with Crippen molar-refractivity contribution >= 4 is 57.4 Å². The van der Waals surface area contributed by atoms with E-state index >= 15 is 0 Å². The fourth-order valence-electron chi connectivity index (χ4n) is 5.07. The molecule has 3 amide bonds. The Balaban J connectivity index is 1.19. The Morgan fingerprint density at radius 3 is 2.60 bits per heavy atom. The molecular weight excluding hydrogens is 577 g/mol. The molecule has 3 aromatic carbocycles. The molecule has 3 heterocycles. The average Bonchev–Trinajstić information content (AvgIpc) is 3.74. The monoisotopic (exact) mass is 604 g/mol. The molecule has 43 heavy (non-hydrogen) atoms. The lowest BCUT2D eigenvalue weighted by Gasteiger charge is -2.23. The maximum Gasteiger partial charge on any atom is 0.248 e. The van der Waals surface area contributed by atoms with Gasteiger partial charge in [0.25, 0.3) is 0 Å². The van der Waals surface area contributed by atoms with Gasteiger partial charge in [0.2, 0.25) is 17.7 Å². The topological polar surface area (TPSA) is 108 Å². The summed E-state index contributed by atoms with van der Waals surface area (Å²) >= 11 is 2.95. The number of para-hydroxylation sites is 1. The van der Waals surface area contributed by atoms with Crippen molar-refractivity contribution in [3.8, 4) is 11.8 Å². The van der Waals surface area contributed by atoms with Crippen molar-refractivity contribution in [2.75, 3.05) is 11.4 Å². The highest BCUT2D eigenvalue weighted by atomic mass is 32.2. The molecule has 0 bridgehead atoms. The van der Waals surface area contributed by atoms with E-state index in [1.165, 1.54) is 23.1 Å². The number of aromatic amines is 1. The van der Waals surface area contributed by atoms with Gasteiger partial charge in [0.15, 0.2) is 0 Å². The maximum absolute atomic E-state index is 13.8. The van der Waals surface area contributed by atoms with E-state index in [-0.39, 0.29) is 23.6 Å². The summed E-state index contributed by atoms with van der Waals surface area (Å²) in [6.45, 7) is 0.467. The van der Waals surface area contributed by atoms with Crippen molar-refractivity contribution in [2.45, 2.75) is 23.5 Å². The number of nitrogens with two attached hydrogens (primary N) is 1. The summed E-state index contributed by atoms with van der Waals surface area (Å²) in [7, 11) is 0. The van der Waals surface area contributed by atoms with Crippen LogP contribution in [-0.4, -0.2) is 34.5 Å². The number of benzene rings is 3. The number of thiophene rings is 1. The van der Waals surface area contributed by atoms with Gasteiger partial charge >= 0.3 is 0 Å². The third kappa shape index (κ3) is 6.36. The molecule has 1 saturated heterocycles. The molecule has 2 unspecified atom stereocenters. The molecule has 0 saturated carbocycles. The number of H-pyrrole nitrogens is 1. The van der Waals surface area contributed by atoms with Crippen LogP contribution in [0.4, 0.5) is 5.69 Å². The number of hydrogen-bond acceptors (Lipinski definition) is 5. The Hall–Kier alpha value is -4.78. The highest BCUT2D eigenvalue weighted by Gasteiger charge is 2.43. The van der Waals surface area contributed by atoms with Crippen LogP contribution < -0.4 is 16.0 Å². The Kier molecular flexibility index (Phi) is 8.31. The zero-order chi connectivity index (χ0) is 29.8. The van der Waals surface area contributed by atoms with Gasteiger partial charge < -0.3 is 16.0 Å². The van der Waals surface area contributed by atoms with Gasteiger partial charge in [-0.05, 0) is 60.5 Å². The zero-order valence-electron chi connectivity index (χ0n) is 23.1. The van der Waals surface area contributed by atoms with Crippen molar-refractivity contribution in [2.24, 2.45) is 5.73 Å². The van der Waals surface area contributed by atoms with E-state index in [0.29, 0.717) is 24.2 Å². The van der Waals surface area contributed by atoms with E-state index in [1.54, 1.807) is 29.2 Å². The van der Waals surface area contributed by atoms with Crippen molar-refractivity contribution in [3.05, 3.63) is 124 Å². The molecule has 9 heteroatoms. The van der Waals surface area contributed by atoms with Gasteiger partial charge in [-0.2, -0.15) is 0 Å². The second kappa shape index (κ2) is 12.6. The number of hydrogen-bond donors (Lipinski definition) is 3. The molecule has 2 aromatic heterocycles. The molecule has 214 valence electrons. The van der Waals surface area contributed by atoms with E-state index in [9.17, 15) is 14.4 Å². The molecule has 6 rings (SSSR count). The van der Waals surface area contributed by atoms with Crippen LogP contribution in [0.25, 0.3) is 10.9 Å². The fourth-order valence-corrected chi connectivity index (χ4v) is 7.56. The quantitative estimate of drug-likeness (QED) is 0.200. The Morgan fingerprint density at radius 1 is 0.953 bits per heavy atom. The van der Waals surface area contributed by atoms with Crippen molar-refractivity contribution in [1.29, 1.82) is 0 Å². The number of amides is 3. The predicted octanol–water partition coefficient (Wildman–Crippen LogP) is 5.62. The number of anilines is 1. The number of nitrogens with one attached hydrogen (secondary N) is 2. The number of primary amides is 1. The van der Waals surface area contributed by atoms with Crippen LogP contribution in [-0.2, 0) is 16.0 Å². The summed E-state index contributed by atoms with van der Waals surface area (Å²) in [6.07, 6.45) is 2.69. The van der Waals surface area contributed by atoms with Crippen LogP contribution in [0.15, 0.2) is 97.2 Å². The minimum atomic E-state index is -0.587. The lowest BCUT2D eigenvalue weighted by atomic mass is 10.1. The fraction of sp³-hybridized carbons (Fsp3) is 0.147. The van der Waals surface area contributed by atoms with E-state index in [2.05, 4.69) is 28.2 Å². The normalized spacial score (nSPS) is 16.2. The van der Waals surface area contributed by atoms with Crippen molar-refractivity contribution in [1.82, 2.24) is 10.3 Å². The van der Waals surface area contributed by atoms with Crippen molar-refractivity contribution in [3.63, 3.8) is 0 Å². The molecule has 0 aliphatic carbocycles. The van der Waals surface area contributed by atoms with Crippen LogP contribution in [0.2, 0.25) is 0 Å². The van der Waals surface area contributed by atoms with Crippen LogP contribution in [0.5, 0.6) is 0 Å². The Labute approximate surface area is 257 Å². The molecule has 4 N–H and O–H groups in total. The van der Waals surface area contributed by atoms with Crippen LogP contribution in [0.3, 0.4) is 0 Å². The average molecular weight is 605 g/mol. The molecule has 7 nitrogen and oxygen atoms in total. The van der Waals surface area contributed by atoms with Crippen LogP contribution in [0.1, 0.15) is 43.0 Å². The van der Waals surface area contributed by atoms with E-state index in [4.69, 9.17) is 5.73 Å². The van der Waals surface area contributed by atoms with Gasteiger partial charge in [0, 0.05) is 51.8 Å². The highest BCUT2D eigenvalue weighted by Crippen LogP contribution is 2.48. The largest absolute Gasteiger partial charge is 0.366 e. The van der Waals surface area contributed by atoms with Gasteiger partial charge in [-0.15, -0.1) is 23.1 Å². The van der Waals surface area contributed by atoms with Gasteiger partial charge in [0.05, 0.1) is 10.1 Å². The van der Waals surface area contributed by atoms with E-state index in [0.717, 1.165) is 31.8 Å². The molecule has 1 aliphatic heterocycles. The molecule has 0 radical (unpaired) electrons. The first-order valence-electron chi connectivity index (χ1n) is 13.8. The van der Waals surface area contributed by atoms with Gasteiger partial charge in [0.1, 0.15) is 5.37 Å². The summed E-state index contributed by atoms with van der Waals surface area (Å²) in [6, 6.07) is 28.5. The maximum atomic E-state index is 13.8. The second-order valence-electron chi connectivity index (χ2n) is 10.1. The number of rotatable bonds is 8. The lowest BCUT2D eigenvalue weighted by Crippen LogP contribution is -2.34. The van der Waals surface area contributed by atoms with Gasteiger partial charge in [-0.25, -0.2) is 0 Å². The summed E-state index contributed by atoms with van der Waals surface area (Å²) in [4.78, 5) is 45.5. The first kappa shape index (κ1) is 28.3. The smallest absolute Gasteiger partial charge is 0.248 e. The van der Waals surface area contributed by atoms with E-state index in [1.807, 2.05) is 66.9 Å². The SMILES string of the molecule is NC(=O)c1cccc(N2C(=O)C(CC(=O)NCCc3c[nH]c4ccccc34)SC2c2ccc(C#Cc3ccccc3)s2)c1. The number of aromatic nitrogens is 1. The zero-order valence-corrected chi connectivity index (χ0v) is 24.7. The van der Waals surface area contributed by atoms with Crippen LogP contribution in [0, 0.1) is 11.8 Å². The second-order valence-corrected chi connectivity index (χ2v) is 12.5. The number of nitrogens with zero attached hydrogens (tertiary/aromatic N) is 1. The number of thioether (sulfide) groups is 1. The minimum absolute atomic E-state index is 0.0476. The number of carbonyl (C=O) groups excluding carboxylic acids is 3. The summed E-state index contributed by atoms with van der Waals surface area (Å²) < 4.78 is 0. The third-order valence-corrected chi connectivity index (χ3v) is 9.81. The summed E-state index contributed by atoms with van der Waals surface area (Å²) in [5, 5.41) is 3.16. The summed E-state index contributed by atoms with van der Waals surface area (Å²) in [5.41, 5.74) is 9.52. The molecule has 0 spiro atoms. The number of carbonyl (C=O) groups is 3. The number of fused-ring (bicyclic) bond motifs is 1. The third-order valence-electron chi connectivity index (χ3n) is 7.19.